The normalized spacial score (nSPS) is 13.3. The van der Waals surface area contributed by atoms with Crippen LogP contribution >= 0.6 is 0 Å². The second-order valence-corrected chi connectivity index (χ2v) is 7.75. The molecule has 2 aromatic carbocycles. The molecule has 1 aliphatic rings. The SMILES string of the molecule is COc1cccc(-c2cc(=O)c3cc(CC(=O)Nc4cc(C5CC5)[nH]n4)ccc3o2)c1. The van der Waals surface area contributed by atoms with Crippen molar-refractivity contribution >= 4 is 22.7 Å². The van der Waals surface area contributed by atoms with Crippen LogP contribution in [0.4, 0.5) is 5.82 Å². The van der Waals surface area contributed by atoms with E-state index in [4.69, 9.17) is 9.15 Å². The van der Waals surface area contributed by atoms with Crippen molar-refractivity contribution in [3.8, 4) is 17.1 Å². The second-order valence-electron chi connectivity index (χ2n) is 7.75. The highest BCUT2D eigenvalue weighted by atomic mass is 16.5. The van der Waals surface area contributed by atoms with E-state index in [9.17, 15) is 9.59 Å². The molecular weight excluding hydrogens is 394 g/mol. The second kappa shape index (κ2) is 7.75. The number of benzene rings is 2. The van der Waals surface area contributed by atoms with E-state index in [1.165, 1.54) is 6.07 Å². The maximum Gasteiger partial charge on any atom is 0.229 e. The van der Waals surface area contributed by atoms with E-state index in [-0.39, 0.29) is 17.8 Å². The summed E-state index contributed by atoms with van der Waals surface area (Å²) in [6, 6.07) is 15.9. The van der Waals surface area contributed by atoms with Crippen LogP contribution in [0.25, 0.3) is 22.3 Å². The van der Waals surface area contributed by atoms with Gasteiger partial charge in [0.25, 0.3) is 0 Å². The van der Waals surface area contributed by atoms with Crippen molar-refractivity contribution < 1.29 is 13.9 Å². The van der Waals surface area contributed by atoms with Gasteiger partial charge in [0.2, 0.25) is 5.91 Å². The van der Waals surface area contributed by atoms with Crippen molar-refractivity contribution in [2.75, 3.05) is 12.4 Å². The van der Waals surface area contributed by atoms with Gasteiger partial charge in [-0.2, -0.15) is 5.10 Å². The van der Waals surface area contributed by atoms with E-state index in [0.717, 1.165) is 29.7 Å². The summed E-state index contributed by atoms with van der Waals surface area (Å²) in [5, 5.41) is 10.4. The Morgan fingerprint density at radius 1 is 1.19 bits per heavy atom. The summed E-state index contributed by atoms with van der Waals surface area (Å²) in [6.45, 7) is 0. The van der Waals surface area contributed by atoms with Gasteiger partial charge in [0.1, 0.15) is 17.1 Å². The molecule has 0 spiro atoms. The van der Waals surface area contributed by atoms with Gasteiger partial charge in [0, 0.05) is 29.3 Å². The number of carbonyl (C=O) groups excluding carboxylic acids is 1. The summed E-state index contributed by atoms with van der Waals surface area (Å²) < 4.78 is 11.2. The van der Waals surface area contributed by atoms with Gasteiger partial charge in [-0.1, -0.05) is 18.2 Å². The Morgan fingerprint density at radius 3 is 2.87 bits per heavy atom. The molecule has 2 N–H and O–H groups in total. The number of ether oxygens (including phenoxy) is 1. The predicted octanol–water partition coefficient (Wildman–Crippen LogP) is 4.25. The van der Waals surface area contributed by atoms with Gasteiger partial charge in [-0.25, -0.2) is 0 Å². The fourth-order valence-electron chi connectivity index (χ4n) is 3.61. The number of amides is 1. The molecule has 4 aromatic rings. The molecule has 0 bridgehead atoms. The number of carbonyl (C=O) groups is 1. The number of hydrogen-bond donors (Lipinski definition) is 2. The lowest BCUT2D eigenvalue weighted by Crippen LogP contribution is -2.15. The number of nitrogens with zero attached hydrogens (tertiary/aromatic N) is 1. The first-order valence-electron chi connectivity index (χ1n) is 10.2. The average Bonchev–Trinajstić information content (AvgIpc) is 3.53. The Bertz CT molecular complexity index is 1330. The third-order valence-electron chi connectivity index (χ3n) is 5.39. The molecule has 0 atom stereocenters. The average molecular weight is 415 g/mol. The summed E-state index contributed by atoms with van der Waals surface area (Å²) in [5.41, 5.74) is 2.85. The number of rotatable bonds is 6. The van der Waals surface area contributed by atoms with Crippen LogP contribution in [0, 0.1) is 0 Å². The van der Waals surface area contributed by atoms with Crippen LogP contribution in [-0.2, 0) is 11.2 Å². The van der Waals surface area contributed by atoms with Gasteiger partial charge in [-0.15, -0.1) is 0 Å². The molecule has 0 unspecified atom stereocenters. The molecule has 31 heavy (non-hydrogen) atoms. The molecule has 0 aliphatic heterocycles. The summed E-state index contributed by atoms with van der Waals surface area (Å²) in [5.74, 6) is 2.02. The number of aromatic amines is 1. The zero-order chi connectivity index (χ0) is 21.4. The van der Waals surface area contributed by atoms with Crippen LogP contribution in [0.15, 0.2) is 63.8 Å². The molecule has 7 nitrogen and oxygen atoms in total. The minimum Gasteiger partial charge on any atom is -0.497 e. The molecule has 1 amide bonds. The van der Waals surface area contributed by atoms with Gasteiger partial charge in [-0.05, 0) is 42.7 Å². The number of fused-ring (bicyclic) bond motifs is 1. The molecule has 7 heteroatoms. The maximum atomic E-state index is 12.7. The Balaban J connectivity index is 1.36. The first kappa shape index (κ1) is 19.1. The lowest BCUT2D eigenvalue weighted by Gasteiger charge is -2.07. The smallest absolute Gasteiger partial charge is 0.229 e. The third kappa shape index (κ3) is 4.07. The van der Waals surface area contributed by atoms with Crippen LogP contribution in [0.5, 0.6) is 5.75 Å². The largest absolute Gasteiger partial charge is 0.497 e. The zero-order valence-electron chi connectivity index (χ0n) is 17.0. The summed E-state index contributed by atoms with van der Waals surface area (Å²) in [7, 11) is 1.59. The van der Waals surface area contributed by atoms with Gasteiger partial charge >= 0.3 is 0 Å². The topological polar surface area (TPSA) is 97.2 Å². The Labute approximate surface area is 178 Å². The molecular formula is C24H21N3O4. The van der Waals surface area contributed by atoms with Crippen molar-refractivity contribution in [2.45, 2.75) is 25.2 Å². The van der Waals surface area contributed by atoms with Crippen LogP contribution in [-0.4, -0.2) is 23.2 Å². The summed E-state index contributed by atoms with van der Waals surface area (Å²) in [4.78, 5) is 25.1. The minimum atomic E-state index is -0.189. The van der Waals surface area contributed by atoms with Gasteiger partial charge in [0.05, 0.1) is 18.9 Å². The number of aromatic nitrogens is 2. The maximum absolute atomic E-state index is 12.7. The Morgan fingerprint density at radius 2 is 2.06 bits per heavy atom. The number of methoxy groups -OCH3 is 1. The molecule has 1 saturated carbocycles. The predicted molar refractivity (Wildman–Crippen MR) is 117 cm³/mol. The fourth-order valence-corrected chi connectivity index (χ4v) is 3.61. The van der Waals surface area contributed by atoms with Gasteiger partial charge in [0.15, 0.2) is 11.2 Å². The Hall–Kier alpha value is -3.87. The standard InChI is InChI=1S/C24H21N3O4/c1-30-17-4-2-3-16(11-17)22-13-20(28)18-9-14(5-8-21(18)31-22)10-24(29)25-23-12-19(26-27-23)15-6-7-15/h2-5,8-9,11-13,15H,6-7,10H2,1H3,(H2,25,26,27,29). The highest BCUT2D eigenvalue weighted by molar-refractivity contribution is 5.92. The third-order valence-corrected chi connectivity index (χ3v) is 5.39. The molecule has 0 saturated heterocycles. The molecule has 5 rings (SSSR count). The number of anilines is 1. The molecule has 2 heterocycles. The van der Waals surface area contributed by atoms with Crippen LogP contribution in [0.3, 0.4) is 0 Å². The number of H-pyrrole nitrogens is 1. The van der Waals surface area contributed by atoms with Crippen LogP contribution in [0.1, 0.15) is 30.0 Å². The summed E-state index contributed by atoms with van der Waals surface area (Å²) >= 11 is 0. The molecule has 1 fully saturated rings. The van der Waals surface area contributed by atoms with E-state index >= 15 is 0 Å². The number of hydrogen-bond acceptors (Lipinski definition) is 5. The van der Waals surface area contributed by atoms with E-state index < -0.39 is 0 Å². The van der Waals surface area contributed by atoms with Gasteiger partial charge in [-0.3, -0.25) is 14.7 Å². The number of nitrogens with one attached hydrogen (secondary N) is 2. The van der Waals surface area contributed by atoms with Crippen LogP contribution < -0.4 is 15.5 Å². The van der Waals surface area contributed by atoms with Crippen molar-refractivity contribution in [1.82, 2.24) is 10.2 Å². The van der Waals surface area contributed by atoms with E-state index in [1.807, 2.05) is 30.3 Å². The van der Waals surface area contributed by atoms with E-state index in [2.05, 4.69) is 15.5 Å². The first-order valence-corrected chi connectivity index (χ1v) is 10.2. The van der Waals surface area contributed by atoms with Crippen molar-refractivity contribution in [2.24, 2.45) is 0 Å². The monoisotopic (exact) mass is 415 g/mol. The molecule has 156 valence electrons. The van der Waals surface area contributed by atoms with Crippen LogP contribution in [0.2, 0.25) is 0 Å². The quantitative estimate of drug-likeness (QED) is 0.491. The molecule has 2 aromatic heterocycles. The van der Waals surface area contributed by atoms with Crippen molar-refractivity contribution in [3.63, 3.8) is 0 Å². The first-order chi connectivity index (χ1) is 15.1. The lowest BCUT2D eigenvalue weighted by atomic mass is 10.1. The van der Waals surface area contributed by atoms with E-state index in [0.29, 0.717) is 34.2 Å². The van der Waals surface area contributed by atoms with Crippen molar-refractivity contribution in [1.29, 1.82) is 0 Å². The van der Waals surface area contributed by atoms with E-state index in [1.54, 1.807) is 25.3 Å². The fraction of sp³-hybridized carbons (Fsp3) is 0.208. The summed E-state index contributed by atoms with van der Waals surface area (Å²) in [6.07, 6.45) is 2.46. The minimum absolute atomic E-state index is 0.138. The lowest BCUT2D eigenvalue weighted by molar-refractivity contribution is -0.115. The van der Waals surface area contributed by atoms with Crippen molar-refractivity contribution in [3.05, 3.63) is 76.1 Å². The zero-order valence-corrected chi connectivity index (χ0v) is 17.0. The molecule has 1 aliphatic carbocycles. The Kier molecular flexibility index (Phi) is 4.78. The highest BCUT2D eigenvalue weighted by Gasteiger charge is 2.25. The highest BCUT2D eigenvalue weighted by Crippen LogP contribution is 2.39. The van der Waals surface area contributed by atoms with Gasteiger partial charge < -0.3 is 14.5 Å². The molecule has 0 radical (unpaired) electrons.